The van der Waals surface area contributed by atoms with Crippen LogP contribution in [0.1, 0.15) is 19.8 Å². The van der Waals surface area contributed by atoms with Crippen molar-refractivity contribution in [2.24, 2.45) is 11.8 Å². The number of carbonyl (C=O) groups is 1. The molecule has 0 spiro atoms. The standard InChI is InChI=1S/C10H19NO2/c1-8(6-11-2)10(12)9-4-3-5-13-7-9/h8-9,11H,3-7H2,1-2H3. The predicted octanol–water partition coefficient (Wildman–Crippen LogP) is 0.838. The van der Waals surface area contributed by atoms with E-state index in [-0.39, 0.29) is 11.8 Å². The van der Waals surface area contributed by atoms with E-state index in [0.717, 1.165) is 26.0 Å². The van der Waals surface area contributed by atoms with Gasteiger partial charge in [-0.25, -0.2) is 0 Å². The molecule has 0 aliphatic carbocycles. The highest BCUT2D eigenvalue weighted by Gasteiger charge is 2.25. The average molecular weight is 185 g/mol. The first-order valence-corrected chi connectivity index (χ1v) is 5.01. The lowest BCUT2D eigenvalue weighted by atomic mass is 9.90. The van der Waals surface area contributed by atoms with Gasteiger partial charge in [0.2, 0.25) is 0 Å². The lowest BCUT2D eigenvalue weighted by molar-refractivity contribution is -0.130. The molecule has 0 saturated carbocycles. The fraction of sp³-hybridized carbons (Fsp3) is 0.900. The minimum atomic E-state index is 0.122. The van der Waals surface area contributed by atoms with Gasteiger partial charge in [-0.05, 0) is 19.9 Å². The zero-order valence-corrected chi connectivity index (χ0v) is 8.51. The van der Waals surface area contributed by atoms with Crippen LogP contribution in [0.2, 0.25) is 0 Å². The van der Waals surface area contributed by atoms with E-state index in [4.69, 9.17) is 4.74 Å². The number of rotatable bonds is 4. The number of ether oxygens (including phenoxy) is 1. The Morgan fingerprint density at radius 2 is 2.46 bits per heavy atom. The molecule has 0 bridgehead atoms. The van der Waals surface area contributed by atoms with Crippen LogP contribution in [0.25, 0.3) is 0 Å². The molecule has 1 fully saturated rings. The Balaban J connectivity index is 2.36. The second-order valence-corrected chi connectivity index (χ2v) is 3.78. The maximum Gasteiger partial charge on any atom is 0.142 e. The molecule has 3 nitrogen and oxygen atoms in total. The second-order valence-electron chi connectivity index (χ2n) is 3.78. The van der Waals surface area contributed by atoms with Crippen LogP contribution in [-0.4, -0.2) is 32.6 Å². The Hall–Kier alpha value is -0.410. The number of ketones is 1. The van der Waals surface area contributed by atoms with Gasteiger partial charge in [0.15, 0.2) is 0 Å². The Labute approximate surface area is 79.8 Å². The SMILES string of the molecule is CNCC(C)C(=O)C1CCCOC1. The van der Waals surface area contributed by atoms with Crippen LogP contribution in [0, 0.1) is 11.8 Å². The number of nitrogens with one attached hydrogen (secondary N) is 1. The molecule has 2 unspecified atom stereocenters. The molecular weight excluding hydrogens is 166 g/mol. The van der Waals surface area contributed by atoms with Gasteiger partial charge < -0.3 is 10.1 Å². The molecule has 0 amide bonds. The highest BCUT2D eigenvalue weighted by Crippen LogP contribution is 2.17. The summed E-state index contributed by atoms with van der Waals surface area (Å²) in [6.07, 6.45) is 2.04. The molecule has 13 heavy (non-hydrogen) atoms. The van der Waals surface area contributed by atoms with Gasteiger partial charge in [0, 0.05) is 25.0 Å². The number of hydrogen-bond acceptors (Lipinski definition) is 3. The molecule has 1 aliphatic heterocycles. The Kier molecular flexibility index (Phi) is 4.39. The van der Waals surface area contributed by atoms with E-state index in [1.807, 2.05) is 14.0 Å². The first-order chi connectivity index (χ1) is 6.25. The third-order valence-electron chi connectivity index (χ3n) is 2.56. The zero-order valence-electron chi connectivity index (χ0n) is 8.51. The van der Waals surface area contributed by atoms with E-state index in [2.05, 4.69) is 5.32 Å². The van der Waals surface area contributed by atoms with E-state index < -0.39 is 0 Å². The van der Waals surface area contributed by atoms with Gasteiger partial charge in [-0.2, -0.15) is 0 Å². The molecule has 0 radical (unpaired) electrons. The number of hydrogen-bond donors (Lipinski definition) is 1. The smallest absolute Gasteiger partial charge is 0.142 e. The molecule has 0 aromatic rings. The molecule has 2 atom stereocenters. The van der Waals surface area contributed by atoms with Gasteiger partial charge >= 0.3 is 0 Å². The van der Waals surface area contributed by atoms with E-state index in [1.54, 1.807) is 0 Å². The normalized spacial score (nSPS) is 25.5. The molecule has 1 N–H and O–H groups in total. The van der Waals surface area contributed by atoms with Crippen molar-refractivity contribution in [2.75, 3.05) is 26.8 Å². The van der Waals surface area contributed by atoms with Crippen LogP contribution < -0.4 is 5.32 Å². The van der Waals surface area contributed by atoms with Gasteiger partial charge in [-0.3, -0.25) is 4.79 Å². The van der Waals surface area contributed by atoms with Gasteiger partial charge in [0.1, 0.15) is 5.78 Å². The van der Waals surface area contributed by atoms with E-state index in [0.29, 0.717) is 12.4 Å². The first-order valence-electron chi connectivity index (χ1n) is 5.01. The summed E-state index contributed by atoms with van der Waals surface area (Å²) in [5, 5.41) is 3.03. The minimum absolute atomic E-state index is 0.122. The Morgan fingerprint density at radius 1 is 1.69 bits per heavy atom. The predicted molar refractivity (Wildman–Crippen MR) is 51.6 cm³/mol. The van der Waals surface area contributed by atoms with Crippen LogP contribution >= 0.6 is 0 Å². The monoisotopic (exact) mass is 185 g/mol. The maximum absolute atomic E-state index is 11.8. The van der Waals surface area contributed by atoms with Crippen molar-refractivity contribution in [3.05, 3.63) is 0 Å². The molecule has 0 aromatic heterocycles. The third kappa shape index (κ3) is 3.08. The number of carbonyl (C=O) groups excluding carboxylic acids is 1. The molecule has 1 saturated heterocycles. The van der Waals surface area contributed by atoms with Crippen molar-refractivity contribution in [1.82, 2.24) is 5.32 Å². The quantitative estimate of drug-likeness (QED) is 0.705. The van der Waals surface area contributed by atoms with Gasteiger partial charge in [0.05, 0.1) is 6.61 Å². The van der Waals surface area contributed by atoms with Crippen molar-refractivity contribution in [2.45, 2.75) is 19.8 Å². The average Bonchev–Trinajstić information content (AvgIpc) is 2.18. The summed E-state index contributed by atoms with van der Waals surface area (Å²) >= 11 is 0. The fourth-order valence-corrected chi connectivity index (χ4v) is 1.77. The highest BCUT2D eigenvalue weighted by atomic mass is 16.5. The summed E-state index contributed by atoms with van der Waals surface area (Å²) in [4.78, 5) is 11.8. The maximum atomic E-state index is 11.8. The fourth-order valence-electron chi connectivity index (χ4n) is 1.77. The summed E-state index contributed by atoms with van der Waals surface area (Å²) in [5.41, 5.74) is 0. The summed E-state index contributed by atoms with van der Waals surface area (Å²) in [6, 6.07) is 0. The van der Waals surface area contributed by atoms with Crippen LogP contribution in [0.15, 0.2) is 0 Å². The van der Waals surface area contributed by atoms with Crippen molar-refractivity contribution >= 4 is 5.78 Å². The van der Waals surface area contributed by atoms with Crippen LogP contribution in [0.3, 0.4) is 0 Å². The van der Waals surface area contributed by atoms with Crippen molar-refractivity contribution < 1.29 is 9.53 Å². The molecule has 0 aromatic carbocycles. The summed E-state index contributed by atoms with van der Waals surface area (Å²) in [7, 11) is 1.88. The Bertz CT molecular complexity index is 164. The Morgan fingerprint density at radius 3 is 3.00 bits per heavy atom. The van der Waals surface area contributed by atoms with E-state index >= 15 is 0 Å². The van der Waals surface area contributed by atoms with E-state index in [1.165, 1.54) is 0 Å². The van der Waals surface area contributed by atoms with Crippen LogP contribution in [-0.2, 0) is 9.53 Å². The lowest BCUT2D eigenvalue weighted by Crippen LogP contribution is -2.33. The summed E-state index contributed by atoms with van der Waals surface area (Å²) < 4.78 is 5.29. The first kappa shape index (κ1) is 10.7. The van der Waals surface area contributed by atoms with Crippen LogP contribution in [0.4, 0.5) is 0 Å². The van der Waals surface area contributed by atoms with Gasteiger partial charge in [-0.1, -0.05) is 6.92 Å². The third-order valence-corrected chi connectivity index (χ3v) is 2.56. The van der Waals surface area contributed by atoms with Crippen molar-refractivity contribution in [3.8, 4) is 0 Å². The van der Waals surface area contributed by atoms with Crippen molar-refractivity contribution in [3.63, 3.8) is 0 Å². The van der Waals surface area contributed by atoms with Gasteiger partial charge in [-0.15, -0.1) is 0 Å². The molecular formula is C10H19NO2. The summed E-state index contributed by atoms with van der Waals surface area (Å²) in [5.74, 6) is 0.628. The molecule has 1 rings (SSSR count). The van der Waals surface area contributed by atoms with Crippen LogP contribution in [0.5, 0.6) is 0 Å². The molecule has 76 valence electrons. The van der Waals surface area contributed by atoms with E-state index in [9.17, 15) is 4.79 Å². The molecule has 1 heterocycles. The topological polar surface area (TPSA) is 38.3 Å². The summed E-state index contributed by atoms with van der Waals surface area (Å²) in [6.45, 7) is 4.21. The van der Waals surface area contributed by atoms with Crippen molar-refractivity contribution in [1.29, 1.82) is 0 Å². The molecule has 3 heteroatoms. The lowest BCUT2D eigenvalue weighted by Gasteiger charge is -2.23. The van der Waals surface area contributed by atoms with Gasteiger partial charge in [0.25, 0.3) is 0 Å². The molecule has 1 aliphatic rings. The number of Topliss-reactive ketones (excluding diaryl/α,β-unsaturated/α-hetero) is 1. The second kappa shape index (κ2) is 5.35. The largest absolute Gasteiger partial charge is 0.381 e. The zero-order chi connectivity index (χ0) is 9.68. The minimum Gasteiger partial charge on any atom is -0.381 e. The highest BCUT2D eigenvalue weighted by molar-refractivity contribution is 5.83.